The number of halogens is 1. The van der Waals surface area contributed by atoms with Crippen molar-refractivity contribution in [2.75, 3.05) is 12.4 Å². The van der Waals surface area contributed by atoms with E-state index in [1.54, 1.807) is 31.3 Å². The van der Waals surface area contributed by atoms with E-state index in [1.165, 1.54) is 5.41 Å². The zero-order valence-corrected chi connectivity index (χ0v) is 9.77. The number of thiol groups is 1. The minimum absolute atomic E-state index is 0.241. The molecule has 0 bridgehead atoms. The van der Waals surface area contributed by atoms with Gasteiger partial charge in [0.15, 0.2) is 0 Å². The summed E-state index contributed by atoms with van der Waals surface area (Å²) in [6.45, 7) is 0. The Balaban J connectivity index is 2.70. The van der Waals surface area contributed by atoms with E-state index in [9.17, 15) is 4.79 Å². The molecule has 0 aliphatic heterocycles. The summed E-state index contributed by atoms with van der Waals surface area (Å²) in [7, 11) is 1.66. The molecule has 1 aromatic carbocycles. The molecule has 15 heavy (non-hydrogen) atoms. The quantitative estimate of drug-likeness (QED) is 0.562. The molecule has 2 N–H and O–H groups in total. The van der Waals surface area contributed by atoms with Gasteiger partial charge in [0.2, 0.25) is 0 Å². The molecule has 0 aliphatic carbocycles. The van der Waals surface area contributed by atoms with Crippen LogP contribution in [0.1, 0.15) is 0 Å². The van der Waals surface area contributed by atoms with Crippen molar-refractivity contribution >= 4 is 35.8 Å². The van der Waals surface area contributed by atoms with Crippen LogP contribution >= 0.6 is 24.2 Å². The Morgan fingerprint density at radius 2 is 2.00 bits per heavy atom. The summed E-state index contributed by atoms with van der Waals surface area (Å²) in [5, 5.41) is 7.46. The number of rotatable bonds is 3. The number of likely N-dealkylation sites (N-methyl/N-ethyl adjacent to an activating group) is 1. The maximum Gasteiger partial charge on any atom is 0.272 e. The van der Waals surface area contributed by atoms with Crippen molar-refractivity contribution in [1.29, 1.82) is 0 Å². The minimum Gasteiger partial charge on any atom is -0.383 e. The van der Waals surface area contributed by atoms with E-state index in [0.29, 0.717) is 16.4 Å². The number of hydrogen-bond donors (Lipinski definition) is 3. The van der Waals surface area contributed by atoms with E-state index in [4.69, 9.17) is 11.6 Å². The van der Waals surface area contributed by atoms with Crippen LogP contribution in [-0.2, 0) is 4.79 Å². The average Bonchev–Trinajstić information content (AvgIpc) is 2.23. The molecule has 0 atom stereocenters. The lowest BCUT2D eigenvalue weighted by atomic mass is 10.3. The van der Waals surface area contributed by atoms with Crippen molar-refractivity contribution < 1.29 is 4.79 Å². The van der Waals surface area contributed by atoms with Gasteiger partial charge in [0, 0.05) is 17.8 Å². The monoisotopic (exact) mass is 242 g/mol. The number of hydrogen-bond acceptors (Lipinski definition) is 3. The van der Waals surface area contributed by atoms with Crippen molar-refractivity contribution in [3.05, 3.63) is 40.4 Å². The SMILES string of the molecule is CN/C(=C\S)C(=O)Nc1ccc(Cl)cc1. The summed E-state index contributed by atoms with van der Waals surface area (Å²) >= 11 is 9.63. The lowest BCUT2D eigenvalue weighted by molar-refractivity contribution is -0.113. The first-order chi connectivity index (χ1) is 7.17. The van der Waals surface area contributed by atoms with Gasteiger partial charge in [-0.2, -0.15) is 0 Å². The molecule has 0 fully saturated rings. The fraction of sp³-hybridized carbons (Fsp3) is 0.100. The molecule has 1 rings (SSSR count). The lowest BCUT2D eigenvalue weighted by Crippen LogP contribution is -2.22. The summed E-state index contributed by atoms with van der Waals surface area (Å²) in [6, 6.07) is 6.87. The minimum atomic E-state index is -0.241. The highest BCUT2D eigenvalue weighted by molar-refractivity contribution is 7.83. The van der Waals surface area contributed by atoms with Gasteiger partial charge in [0.1, 0.15) is 5.70 Å². The van der Waals surface area contributed by atoms with Crippen molar-refractivity contribution in [3.63, 3.8) is 0 Å². The summed E-state index contributed by atoms with van der Waals surface area (Å²) in [5.74, 6) is -0.241. The van der Waals surface area contributed by atoms with E-state index in [2.05, 4.69) is 23.3 Å². The predicted octanol–water partition coefficient (Wildman–Crippen LogP) is 2.27. The summed E-state index contributed by atoms with van der Waals surface area (Å²) in [6.07, 6.45) is 0. The van der Waals surface area contributed by atoms with E-state index < -0.39 is 0 Å². The zero-order chi connectivity index (χ0) is 11.3. The second-order valence-corrected chi connectivity index (χ2v) is 3.45. The van der Waals surface area contributed by atoms with Crippen LogP contribution in [0.5, 0.6) is 0 Å². The highest BCUT2D eigenvalue weighted by Crippen LogP contribution is 2.13. The Kier molecular flexibility index (Phi) is 4.52. The molecule has 1 aromatic rings. The first-order valence-electron chi connectivity index (χ1n) is 4.26. The smallest absolute Gasteiger partial charge is 0.272 e. The highest BCUT2D eigenvalue weighted by atomic mass is 35.5. The predicted molar refractivity (Wildman–Crippen MR) is 66.2 cm³/mol. The van der Waals surface area contributed by atoms with Crippen molar-refractivity contribution in [1.82, 2.24) is 5.32 Å². The standard InChI is InChI=1S/C10H11ClN2OS/c1-12-9(6-15)10(14)13-8-4-2-7(11)3-5-8/h2-6,12,15H,1H3,(H,13,14)/b9-6-. The molecule has 0 saturated heterocycles. The van der Waals surface area contributed by atoms with Gasteiger partial charge in [-0.15, -0.1) is 12.6 Å². The summed E-state index contributed by atoms with van der Waals surface area (Å²) in [4.78, 5) is 11.5. The van der Waals surface area contributed by atoms with Crippen LogP contribution < -0.4 is 10.6 Å². The molecule has 0 aliphatic rings. The topological polar surface area (TPSA) is 41.1 Å². The Morgan fingerprint density at radius 1 is 1.40 bits per heavy atom. The molecular weight excluding hydrogens is 232 g/mol. The van der Waals surface area contributed by atoms with Gasteiger partial charge < -0.3 is 10.6 Å². The molecule has 0 heterocycles. The number of benzene rings is 1. The van der Waals surface area contributed by atoms with E-state index >= 15 is 0 Å². The van der Waals surface area contributed by atoms with Crippen molar-refractivity contribution in [2.24, 2.45) is 0 Å². The third-order valence-electron chi connectivity index (χ3n) is 1.75. The van der Waals surface area contributed by atoms with Gasteiger partial charge in [-0.05, 0) is 29.7 Å². The Labute approximate surface area is 98.9 Å². The number of carbonyl (C=O) groups is 1. The Bertz CT molecular complexity index is 376. The molecule has 80 valence electrons. The van der Waals surface area contributed by atoms with Crippen LogP contribution in [0.4, 0.5) is 5.69 Å². The van der Waals surface area contributed by atoms with Gasteiger partial charge in [-0.3, -0.25) is 4.79 Å². The maximum atomic E-state index is 11.5. The normalized spacial score (nSPS) is 11.0. The molecule has 0 saturated carbocycles. The number of carbonyl (C=O) groups excluding carboxylic acids is 1. The van der Waals surface area contributed by atoms with E-state index in [-0.39, 0.29) is 5.91 Å². The van der Waals surface area contributed by atoms with Crippen LogP contribution in [0.15, 0.2) is 35.4 Å². The van der Waals surface area contributed by atoms with Crippen LogP contribution in [-0.4, -0.2) is 13.0 Å². The first-order valence-corrected chi connectivity index (χ1v) is 5.16. The van der Waals surface area contributed by atoms with Crippen molar-refractivity contribution in [2.45, 2.75) is 0 Å². The zero-order valence-electron chi connectivity index (χ0n) is 8.12. The molecule has 0 aromatic heterocycles. The Hall–Kier alpha value is -1.13. The second kappa shape index (κ2) is 5.68. The highest BCUT2D eigenvalue weighted by Gasteiger charge is 2.06. The molecule has 0 unspecified atom stereocenters. The fourth-order valence-corrected chi connectivity index (χ4v) is 1.34. The van der Waals surface area contributed by atoms with Gasteiger partial charge >= 0.3 is 0 Å². The summed E-state index contributed by atoms with van der Waals surface area (Å²) < 4.78 is 0. The molecule has 5 heteroatoms. The number of amides is 1. The van der Waals surface area contributed by atoms with Crippen LogP contribution in [0.2, 0.25) is 5.02 Å². The third-order valence-corrected chi connectivity index (χ3v) is 2.26. The van der Waals surface area contributed by atoms with Gasteiger partial charge in [-0.1, -0.05) is 11.6 Å². The molecular formula is C10H11ClN2OS. The molecule has 1 amide bonds. The van der Waals surface area contributed by atoms with Crippen LogP contribution in [0.25, 0.3) is 0 Å². The van der Waals surface area contributed by atoms with Gasteiger partial charge in [-0.25, -0.2) is 0 Å². The van der Waals surface area contributed by atoms with E-state index in [0.717, 1.165) is 0 Å². The van der Waals surface area contributed by atoms with Crippen LogP contribution in [0, 0.1) is 0 Å². The van der Waals surface area contributed by atoms with Crippen LogP contribution in [0.3, 0.4) is 0 Å². The van der Waals surface area contributed by atoms with Crippen molar-refractivity contribution in [3.8, 4) is 0 Å². The molecule has 3 nitrogen and oxygen atoms in total. The second-order valence-electron chi connectivity index (χ2n) is 2.75. The van der Waals surface area contributed by atoms with Gasteiger partial charge in [0.25, 0.3) is 5.91 Å². The average molecular weight is 243 g/mol. The summed E-state index contributed by atoms with van der Waals surface area (Å²) in [5.41, 5.74) is 1.08. The fourth-order valence-electron chi connectivity index (χ4n) is 0.968. The van der Waals surface area contributed by atoms with E-state index in [1.807, 2.05) is 0 Å². The number of anilines is 1. The van der Waals surface area contributed by atoms with Gasteiger partial charge in [0.05, 0.1) is 0 Å². The lowest BCUT2D eigenvalue weighted by Gasteiger charge is -2.07. The largest absolute Gasteiger partial charge is 0.383 e. The molecule has 0 radical (unpaired) electrons. The molecule has 0 spiro atoms. The maximum absolute atomic E-state index is 11.5. The third kappa shape index (κ3) is 3.49. The number of nitrogens with one attached hydrogen (secondary N) is 2. The Morgan fingerprint density at radius 3 is 2.47 bits per heavy atom. The first kappa shape index (κ1) is 11.9.